The zero-order valence-electron chi connectivity index (χ0n) is 19.6. The maximum Gasteiger partial charge on any atom is 0.342 e. The number of benzene rings is 1. The number of esters is 3. The molecule has 0 N–H and O–H groups in total. The number of nitrogens with zero attached hydrogens (tertiary/aromatic N) is 2. The first-order valence-corrected chi connectivity index (χ1v) is 10.4. The topological polar surface area (TPSA) is 113 Å². The van der Waals surface area contributed by atoms with Gasteiger partial charge in [0.2, 0.25) is 6.79 Å². The van der Waals surface area contributed by atoms with E-state index >= 15 is 0 Å². The molecule has 0 spiro atoms. The highest BCUT2D eigenvalue weighted by Crippen LogP contribution is 2.46. The van der Waals surface area contributed by atoms with Crippen molar-refractivity contribution in [2.24, 2.45) is 10.9 Å². The van der Waals surface area contributed by atoms with Gasteiger partial charge < -0.3 is 28.6 Å². The van der Waals surface area contributed by atoms with Crippen LogP contribution in [-0.2, 0) is 23.8 Å². The number of fused-ring (bicyclic) bond motifs is 1. The lowest BCUT2D eigenvalue weighted by atomic mass is 9.74. The van der Waals surface area contributed by atoms with Crippen LogP contribution in [0.1, 0.15) is 35.7 Å². The Kier molecular flexibility index (Phi) is 7.37. The van der Waals surface area contributed by atoms with E-state index in [2.05, 4.69) is 4.99 Å². The second kappa shape index (κ2) is 10.0. The number of ether oxygens (including phenoxy) is 5. The summed E-state index contributed by atoms with van der Waals surface area (Å²) >= 11 is 0. The van der Waals surface area contributed by atoms with Gasteiger partial charge in [-0.15, -0.1) is 0 Å². The second-order valence-electron chi connectivity index (χ2n) is 7.93. The number of carbonyl (C=O) groups excluding carboxylic acids is 3. The van der Waals surface area contributed by atoms with Gasteiger partial charge in [-0.2, -0.15) is 0 Å². The Morgan fingerprint density at radius 3 is 2.45 bits per heavy atom. The van der Waals surface area contributed by atoms with Crippen LogP contribution in [0.15, 0.2) is 28.4 Å². The van der Waals surface area contributed by atoms with Crippen LogP contribution < -0.4 is 9.47 Å². The third kappa shape index (κ3) is 4.70. The van der Waals surface area contributed by atoms with E-state index in [4.69, 9.17) is 23.7 Å². The highest BCUT2D eigenvalue weighted by Gasteiger charge is 2.45. The first-order chi connectivity index (χ1) is 15.7. The largest absolute Gasteiger partial charge is 0.468 e. The minimum atomic E-state index is -0.959. The van der Waals surface area contributed by atoms with Crippen LogP contribution in [0, 0.1) is 5.92 Å². The van der Waals surface area contributed by atoms with Crippen molar-refractivity contribution >= 4 is 23.6 Å². The van der Waals surface area contributed by atoms with E-state index in [9.17, 15) is 14.4 Å². The average molecular weight is 460 g/mol. The van der Waals surface area contributed by atoms with E-state index in [0.717, 1.165) is 0 Å². The van der Waals surface area contributed by atoms with Crippen LogP contribution in [0.5, 0.6) is 11.5 Å². The van der Waals surface area contributed by atoms with E-state index < -0.39 is 29.7 Å². The highest BCUT2D eigenvalue weighted by atomic mass is 16.7. The third-order valence-electron chi connectivity index (χ3n) is 5.57. The van der Waals surface area contributed by atoms with Crippen molar-refractivity contribution in [2.45, 2.75) is 19.8 Å². The Balaban J connectivity index is 2.20. The fourth-order valence-corrected chi connectivity index (χ4v) is 4.03. The quantitative estimate of drug-likeness (QED) is 0.445. The Hall–Kier alpha value is -3.40. The van der Waals surface area contributed by atoms with E-state index in [1.807, 2.05) is 19.0 Å². The van der Waals surface area contributed by atoms with Gasteiger partial charge in [-0.05, 0) is 39.6 Å². The standard InChI is InChI=1S/C23H28N2O8/c1-12-16(21(26)29-5)18(17(13(2)24-12)23(28)31-10-9-25(3)4)14-7-8-15-20(33-11-32-15)19(14)22(27)30-6/h7-8,16,18H,9-11H2,1-6H3. The van der Waals surface area contributed by atoms with Crippen LogP contribution in [0.25, 0.3) is 0 Å². The van der Waals surface area contributed by atoms with E-state index in [0.29, 0.717) is 29.3 Å². The molecule has 33 heavy (non-hydrogen) atoms. The summed E-state index contributed by atoms with van der Waals surface area (Å²) in [6.45, 7) is 3.94. The molecule has 2 aliphatic rings. The van der Waals surface area contributed by atoms with E-state index in [1.165, 1.54) is 14.2 Å². The van der Waals surface area contributed by atoms with Crippen LogP contribution in [0.4, 0.5) is 0 Å². The lowest BCUT2D eigenvalue weighted by Crippen LogP contribution is -2.37. The molecule has 2 unspecified atom stereocenters. The van der Waals surface area contributed by atoms with Crippen molar-refractivity contribution in [2.75, 3.05) is 48.3 Å². The van der Waals surface area contributed by atoms with Gasteiger partial charge in [0.1, 0.15) is 18.1 Å². The number of hydrogen-bond acceptors (Lipinski definition) is 10. The molecule has 0 amide bonds. The van der Waals surface area contributed by atoms with Gasteiger partial charge in [0.25, 0.3) is 0 Å². The minimum Gasteiger partial charge on any atom is -0.468 e. The molecule has 0 saturated carbocycles. The van der Waals surface area contributed by atoms with E-state index in [1.54, 1.807) is 26.0 Å². The maximum atomic E-state index is 13.2. The van der Waals surface area contributed by atoms with Gasteiger partial charge in [-0.25, -0.2) is 9.59 Å². The van der Waals surface area contributed by atoms with E-state index in [-0.39, 0.29) is 30.3 Å². The number of methoxy groups -OCH3 is 2. The Morgan fingerprint density at radius 2 is 1.82 bits per heavy atom. The van der Waals surface area contributed by atoms with Crippen LogP contribution >= 0.6 is 0 Å². The molecule has 10 heteroatoms. The summed E-state index contributed by atoms with van der Waals surface area (Å²) < 4.78 is 26.5. The van der Waals surface area contributed by atoms with Gasteiger partial charge >= 0.3 is 17.9 Å². The smallest absolute Gasteiger partial charge is 0.342 e. The molecule has 0 radical (unpaired) electrons. The molecular formula is C23H28N2O8. The first kappa shape index (κ1) is 24.2. The summed E-state index contributed by atoms with van der Waals surface area (Å²) in [5, 5.41) is 0. The van der Waals surface area contributed by atoms with Crippen molar-refractivity contribution in [3.63, 3.8) is 0 Å². The molecule has 178 valence electrons. The molecule has 3 rings (SSSR count). The monoisotopic (exact) mass is 460 g/mol. The molecule has 2 atom stereocenters. The number of likely N-dealkylation sites (N-methyl/N-ethyl adjacent to an activating group) is 1. The molecule has 1 aromatic rings. The summed E-state index contributed by atoms with van der Waals surface area (Å²) in [7, 11) is 6.22. The number of aliphatic imine (C=N–C) groups is 1. The number of carbonyl (C=O) groups is 3. The molecule has 2 heterocycles. The lowest BCUT2D eigenvalue weighted by Gasteiger charge is -2.32. The van der Waals surface area contributed by atoms with Crippen molar-refractivity contribution < 1.29 is 38.1 Å². The van der Waals surface area contributed by atoms with Crippen molar-refractivity contribution in [3.8, 4) is 11.5 Å². The Bertz CT molecular complexity index is 1030. The average Bonchev–Trinajstić information content (AvgIpc) is 3.25. The Labute approximate surface area is 192 Å². The maximum absolute atomic E-state index is 13.2. The predicted octanol–water partition coefficient (Wildman–Crippen LogP) is 1.93. The zero-order valence-corrected chi connectivity index (χ0v) is 19.6. The lowest BCUT2D eigenvalue weighted by molar-refractivity contribution is -0.144. The number of rotatable bonds is 7. The minimum absolute atomic E-state index is 0.0668. The SMILES string of the molecule is COC(=O)c1c(C2C(C(=O)OCCN(C)C)=C(C)N=C(C)C2C(=O)OC)ccc2c1OCO2. The van der Waals surface area contributed by atoms with Gasteiger partial charge in [-0.3, -0.25) is 9.79 Å². The van der Waals surface area contributed by atoms with Gasteiger partial charge in [0.05, 0.1) is 19.8 Å². The molecule has 0 saturated heterocycles. The van der Waals surface area contributed by atoms with Gasteiger partial charge in [0, 0.05) is 23.9 Å². The molecule has 0 aromatic heterocycles. The molecule has 10 nitrogen and oxygen atoms in total. The molecule has 2 aliphatic heterocycles. The van der Waals surface area contributed by atoms with Crippen LogP contribution in [0.2, 0.25) is 0 Å². The summed E-state index contributed by atoms with van der Waals surface area (Å²) in [5.74, 6) is -3.22. The fourth-order valence-electron chi connectivity index (χ4n) is 4.03. The molecular weight excluding hydrogens is 432 g/mol. The first-order valence-electron chi connectivity index (χ1n) is 10.4. The molecule has 1 aromatic carbocycles. The van der Waals surface area contributed by atoms with Gasteiger partial charge in [-0.1, -0.05) is 6.07 Å². The Morgan fingerprint density at radius 1 is 1.09 bits per heavy atom. The second-order valence-corrected chi connectivity index (χ2v) is 7.93. The van der Waals surface area contributed by atoms with Crippen LogP contribution in [0.3, 0.4) is 0 Å². The summed E-state index contributed by atoms with van der Waals surface area (Å²) in [5.41, 5.74) is 1.43. The van der Waals surface area contributed by atoms with Gasteiger partial charge in [0.15, 0.2) is 11.5 Å². The van der Waals surface area contributed by atoms with Crippen molar-refractivity contribution in [1.82, 2.24) is 4.90 Å². The van der Waals surface area contributed by atoms with Crippen molar-refractivity contribution in [1.29, 1.82) is 0 Å². The summed E-state index contributed by atoms with van der Waals surface area (Å²) in [6.07, 6.45) is 0. The third-order valence-corrected chi connectivity index (χ3v) is 5.57. The molecule has 0 aliphatic carbocycles. The fraction of sp³-hybridized carbons (Fsp3) is 0.478. The zero-order chi connectivity index (χ0) is 24.3. The normalized spacial score (nSPS) is 19.3. The molecule has 0 fully saturated rings. The van der Waals surface area contributed by atoms with Crippen LogP contribution in [-0.4, -0.2) is 76.8 Å². The predicted molar refractivity (Wildman–Crippen MR) is 117 cm³/mol. The summed E-state index contributed by atoms with van der Waals surface area (Å²) in [6, 6.07) is 3.25. The number of allylic oxidation sites excluding steroid dienone is 1. The highest BCUT2D eigenvalue weighted by molar-refractivity contribution is 6.08. The summed E-state index contributed by atoms with van der Waals surface area (Å²) in [4.78, 5) is 45.2. The molecule has 0 bridgehead atoms. The van der Waals surface area contributed by atoms with Crippen molar-refractivity contribution in [3.05, 3.63) is 34.5 Å². The number of hydrogen-bond donors (Lipinski definition) is 0.